The Morgan fingerprint density at radius 3 is 3.10 bits per heavy atom. The van der Waals surface area contributed by atoms with Gasteiger partial charge in [-0.3, -0.25) is 4.79 Å². The molecule has 2 aromatic rings. The summed E-state index contributed by atoms with van der Waals surface area (Å²) in [5, 5.41) is 10.9. The standard InChI is InChI=1S/C12H11N3O3S2/c13-9-5-10(16)15-12(14-9)20-6-8-7(3-4-19-8)1-2-11(17)18/h1-5H,6H2,(H,17,18)(H3,13,14,15,16). The first-order chi connectivity index (χ1) is 9.54. The molecule has 20 heavy (non-hydrogen) atoms. The molecule has 0 aliphatic heterocycles. The summed E-state index contributed by atoms with van der Waals surface area (Å²) in [6.07, 6.45) is 2.64. The molecule has 2 rings (SSSR count). The van der Waals surface area contributed by atoms with Crippen molar-refractivity contribution >= 4 is 41.0 Å². The smallest absolute Gasteiger partial charge is 0.328 e. The number of anilines is 1. The van der Waals surface area contributed by atoms with E-state index in [4.69, 9.17) is 10.8 Å². The first kappa shape index (κ1) is 14.4. The highest BCUT2D eigenvalue weighted by atomic mass is 32.2. The molecule has 6 nitrogen and oxygen atoms in total. The maximum absolute atomic E-state index is 11.3. The molecule has 4 N–H and O–H groups in total. The minimum Gasteiger partial charge on any atom is -0.478 e. The molecule has 0 aliphatic rings. The molecule has 0 saturated carbocycles. The van der Waals surface area contributed by atoms with Crippen molar-refractivity contribution in [1.29, 1.82) is 0 Å². The zero-order valence-corrected chi connectivity index (χ0v) is 11.8. The Hall–Kier alpha value is -2.06. The van der Waals surface area contributed by atoms with Crippen molar-refractivity contribution in [2.24, 2.45) is 0 Å². The average molecular weight is 309 g/mol. The number of nitrogen functional groups attached to an aromatic ring is 1. The van der Waals surface area contributed by atoms with Gasteiger partial charge in [0.2, 0.25) is 0 Å². The molecular weight excluding hydrogens is 298 g/mol. The summed E-state index contributed by atoms with van der Waals surface area (Å²) in [5.74, 6) is -0.242. The Kier molecular flexibility index (Phi) is 4.59. The van der Waals surface area contributed by atoms with Gasteiger partial charge in [0.25, 0.3) is 5.56 Å². The summed E-state index contributed by atoms with van der Waals surface area (Å²) in [5.41, 5.74) is 6.05. The van der Waals surface area contributed by atoms with Crippen molar-refractivity contribution in [3.05, 3.63) is 44.4 Å². The van der Waals surface area contributed by atoms with Gasteiger partial charge in [-0.15, -0.1) is 11.3 Å². The molecule has 0 saturated heterocycles. The van der Waals surface area contributed by atoms with Crippen molar-refractivity contribution in [2.45, 2.75) is 10.9 Å². The quantitative estimate of drug-likeness (QED) is 0.441. The SMILES string of the molecule is Nc1cc(=O)[nH]c(SCc2sccc2C=CC(=O)O)n1. The Balaban J connectivity index is 2.09. The number of carbonyl (C=O) groups is 1. The maximum atomic E-state index is 11.3. The third kappa shape index (κ3) is 3.97. The lowest BCUT2D eigenvalue weighted by atomic mass is 10.2. The number of aromatic nitrogens is 2. The fraction of sp³-hybridized carbons (Fsp3) is 0.0833. The third-order valence-corrected chi connectivity index (χ3v) is 4.28. The summed E-state index contributed by atoms with van der Waals surface area (Å²) in [6.45, 7) is 0. The first-order valence-electron chi connectivity index (χ1n) is 5.51. The number of thiophene rings is 1. The number of carboxylic acids is 1. The highest BCUT2D eigenvalue weighted by Crippen LogP contribution is 2.26. The van der Waals surface area contributed by atoms with Gasteiger partial charge in [0.15, 0.2) is 5.16 Å². The number of thioether (sulfide) groups is 1. The minimum atomic E-state index is -0.989. The van der Waals surface area contributed by atoms with Crippen molar-refractivity contribution in [3.63, 3.8) is 0 Å². The number of aromatic amines is 1. The molecule has 2 aromatic heterocycles. The molecule has 2 heterocycles. The van der Waals surface area contributed by atoms with Crippen LogP contribution in [0.25, 0.3) is 6.08 Å². The highest BCUT2D eigenvalue weighted by Gasteiger charge is 2.05. The first-order valence-corrected chi connectivity index (χ1v) is 7.38. The number of aliphatic carboxylic acids is 1. The maximum Gasteiger partial charge on any atom is 0.328 e. The Morgan fingerprint density at radius 2 is 2.40 bits per heavy atom. The van der Waals surface area contributed by atoms with Crippen molar-refractivity contribution in [2.75, 3.05) is 5.73 Å². The lowest BCUT2D eigenvalue weighted by Gasteiger charge is -2.01. The Morgan fingerprint density at radius 1 is 1.60 bits per heavy atom. The van der Waals surface area contributed by atoms with Gasteiger partial charge in [0, 0.05) is 22.8 Å². The van der Waals surface area contributed by atoms with Gasteiger partial charge in [-0.2, -0.15) is 0 Å². The second-order valence-corrected chi connectivity index (χ2v) is 5.70. The zero-order chi connectivity index (χ0) is 14.5. The van der Waals surface area contributed by atoms with Crippen LogP contribution in [0.15, 0.2) is 33.5 Å². The summed E-state index contributed by atoms with van der Waals surface area (Å²) in [4.78, 5) is 29.4. The molecular formula is C12H11N3O3S2. The summed E-state index contributed by atoms with van der Waals surface area (Å²) < 4.78 is 0. The van der Waals surface area contributed by atoms with E-state index in [1.54, 1.807) is 6.08 Å². The van der Waals surface area contributed by atoms with Crippen molar-refractivity contribution < 1.29 is 9.90 Å². The topological polar surface area (TPSA) is 109 Å². The van der Waals surface area contributed by atoms with Crippen LogP contribution in [0.3, 0.4) is 0 Å². The molecule has 0 aliphatic carbocycles. The molecule has 0 fully saturated rings. The van der Waals surface area contributed by atoms with Gasteiger partial charge >= 0.3 is 5.97 Å². The number of nitrogens with zero attached hydrogens (tertiary/aromatic N) is 1. The van der Waals surface area contributed by atoms with Crippen molar-refractivity contribution in [1.82, 2.24) is 9.97 Å². The van der Waals surface area contributed by atoms with E-state index in [0.717, 1.165) is 16.5 Å². The van der Waals surface area contributed by atoms with Crippen LogP contribution < -0.4 is 11.3 Å². The van der Waals surface area contributed by atoms with E-state index < -0.39 is 5.97 Å². The van der Waals surface area contributed by atoms with E-state index in [1.807, 2.05) is 11.4 Å². The lowest BCUT2D eigenvalue weighted by Crippen LogP contribution is -2.09. The van der Waals surface area contributed by atoms with E-state index >= 15 is 0 Å². The number of H-pyrrole nitrogens is 1. The molecule has 0 amide bonds. The molecule has 0 spiro atoms. The van der Waals surface area contributed by atoms with Crippen LogP contribution in [-0.4, -0.2) is 21.0 Å². The van der Waals surface area contributed by atoms with Crippen LogP contribution in [0.2, 0.25) is 0 Å². The van der Waals surface area contributed by atoms with Gasteiger partial charge in [0.1, 0.15) is 5.82 Å². The molecule has 0 atom stereocenters. The fourth-order valence-electron chi connectivity index (χ4n) is 1.43. The van der Waals surface area contributed by atoms with E-state index in [1.165, 1.54) is 29.2 Å². The second-order valence-electron chi connectivity index (χ2n) is 3.73. The van der Waals surface area contributed by atoms with Crippen molar-refractivity contribution in [3.8, 4) is 0 Å². The van der Waals surface area contributed by atoms with Gasteiger partial charge in [-0.1, -0.05) is 11.8 Å². The van der Waals surface area contributed by atoms with E-state index in [0.29, 0.717) is 10.9 Å². The number of hydrogen-bond acceptors (Lipinski definition) is 6. The van der Waals surface area contributed by atoms with Gasteiger partial charge in [-0.25, -0.2) is 9.78 Å². The van der Waals surface area contributed by atoms with Crippen LogP contribution in [0, 0.1) is 0 Å². The largest absolute Gasteiger partial charge is 0.478 e. The van der Waals surface area contributed by atoms with Crippen LogP contribution in [-0.2, 0) is 10.5 Å². The summed E-state index contributed by atoms with van der Waals surface area (Å²) >= 11 is 2.85. The lowest BCUT2D eigenvalue weighted by molar-refractivity contribution is -0.131. The highest BCUT2D eigenvalue weighted by molar-refractivity contribution is 7.98. The molecule has 0 bridgehead atoms. The predicted octanol–water partition coefficient (Wildman–Crippen LogP) is 1.80. The van der Waals surface area contributed by atoms with Crippen LogP contribution in [0.1, 0.15) is 10.4 Å². The molecule has 0 unspecified atom stereocenters. The van der Waals surface area contributed by atoms with E-state index in [9.17, 15) is 9.59 Å². The number of hydrogen-bond donors (Lipinski definition) is 3. The number of nitrogens with two attached hydrogens (primary N) is 1. The van der Waals surface area contributed by atoms with E-state index in [-0.39, 0.29) is 11.4 Å². The van der Waals surface area contributed by atoms with E-state index in [2.05, 4.69) is 9.97 Å². The number of nitrogens with one attached hydrogen (secondary N) is 1. The molecule has 8 heteroatoms. The second kappa shape index (κ2) is 6.40. The Labute approximate surface area is 122 Å². The van der Waals surface area contributed by atoms with Crippen LogP contribution in [0.5, 0.6) is 0 Å². The number of rotatable bonds is 5. The summed E-state index contributed by atoms with van der Waals surface area (Å²) in [7, 11) is 0. The predicted molar refractivity (Wildman–Crippen MR) is 79.8 cm³/mol. The molecule has 0 radical (unpaired) electrons. The third-order valence-electron chi connectivity index (χ3n) is 2.27. The Bertz CT molecular complexity index is 706. The minimum absolute atomic E-state index is 0.174. The van der Waals surface area contributed by atoms with Gasteiger partial charge < -0.3 is 15.8 Å². The molecule has 104 valence electrons. The number of carboxylic acid groups (broad SMARTS) is 1. The zero-order valence-electron chi connectivity index (χ0n) is 10.2. The fourth-order valence-corrected chi connectivity index (χ4v) is 3.31. The normalized spacial score (nSPS) is 11.0. The van der Waals surface area contributed by atoms with Gasteiger partial charge in [-0.05, 0) is 23.1 Å². The average Bonchev–Trinajstić information content (AvgIpc) is 2.80. The monoisotopic (exact) mass is 309 g/mol. The van der Waals surface area contributed by atoms with Crippen LogP contribution >= 0.6 is 23.1 Å². The summed E-state index contributed by atoms with van der Waals surface area (Å²) in [6, 6.07) is 3.06. The molecule has 0 aromatic carbocycles. The van der Waals surface area contributed by atoms with Gasteiger partial charge in [0.05, 0.1) is 0 Å². The van der Waals surface area contributed by atoms with Crippen LogP contribution in [0.4, 0.5) is 5.82 Å².